The summed E-state index contributed by atoms with van der Waals surface area (Å²) in [5.41, 5.74) is 1.67. The molecule has 6 heteroatoms. The van der Waals surface area contributed by atoms with Crippen molar-refractivity contribution in [2.45, 2.75) is 0 Å². The number of carbonyl (C=O) groups is 1. The van der Waals surface area contributed by atoms with E-state index in [1.165, 1.54) is 11.8 Å². The van der Waals surface area contributed by atoms with Gasteiger partial charge in [-0.15, -0.1) is 0 Å². The summed E-state index contributed by atoms with van der Waals surface area (Å²) < 4.78 is 5.12. The van der Waals surface area contributed by atoms with Gasteiger partial charge in [0.15, 0.2) is 5.17 Å². The molecule has 0 bridgehead atoms. The van der Waals surface area contributed by atoms with Crippen molar-refractivity contribution in [1.29, 1.82) is 0 Å². The molecule has 23 heavy (non-hydrogen) atoms. The van der Waals surface area contributed by atoms with Gasteiger partial charge in [0.1, 0.15) is 5.75 Å². The smallest absolute Gasteiger partial charge is 0.264 e. The summed E-state index contributed by atoms with van der Waals surface area (Å²) >= 11 is 7.15. The fourth-order valence-corrected chi connectivity index (χ4v) is 2.93. The average Bonchev–Trinajstić information content (AvgIpc) is 2.90. The molecule has 2 aromatic carbocycles. The first-order valence-corrected chi connectivity index (χ1v) is 8.03. The van der Waals surface area contributed by atoms with E-state index < -0.39 is 0 Å². The molecule has 1 saturated heterocycles. The number of ether oxygens (including phenoxy) is 1. The highest BCUT2D eigenvalue weighted by Crippen LogP contribution is 2.28. The molecule has 0 atom stereocenters. The van der Waals surface area contributed by atoms with Gasteiger partial charge in [-0.2, -0.15) is 0 Å². The lowest BCUT2D eigenvalue weighted by atomic mass is 10.2. The molecule has 1 amide bonds. The van der Waals surface area contributed by atoms with Gasteiger partial charge in [-0.05, 0) is 59.8 Å². The van der Waals surface area contributed by atoms with Crippen LogP contribution < -0.4 is 10.1 Å². The normalized spacial score (nSPS) is 17.6. The van der Waals surface area contributed by atoms with E-state index in [0.29, 0.717) is 15.1 Å². The average molecular weight is 345 g/mol. The Morgan fingerprint density at radius 3 is 2.48 bits per heavy atom. The molecule has 1 N–H and O–H groups in total. The van der Waals surface area contributed by atoms with Crippen molar-refractivity contribution in [2.24, 2.45) is 4.99 Å². The Morgan fingerprint density at radius 2 is 1.83 bits per heavy atom. The molecule has 0 spiro atoms. The van der Waals surface area contributed by atoms with Crippen LogP contribution in [0.15, 0.2) is 58.4 Å². The summed E-state index contributed by atoms with van der Waals surface area (Å²) in [6, 6.07) is 14.6. The topological polar surface area (TPSA) is 50.7 Å². The van der Waals surface area contributed by atoms with Crippen LogP contribution in [0.2, 0.25) is 5.02 Å². The Balaban J connectivity index is 1.78. The number of carbonyl (C=O) groups excluding carboxylic acids is 1. The van der Waals surface area contributed by atoms with E-state index in [1.54, 1.807) is 31.4 Å². The summed E-state index contributed by atoms with van der Waals surface area (Å²) in [6.07, 6.45) is 1.82. The van der Waals surface area contributed by atoms with Gasteiger partial charge >= 0.3 is 0 Å². The Morgan fingerprint density at radius 1 is 1.13 bits per heavy atom. The van der Waals surface area contributed by atoms with Crippen molar-refractivity contribution >= 4 is 46.2 Å². The van der Waals surface area contributed by atoms with Crippen molar-refractivity contribution in [2.75, 3.05) is 7.11 Å². The van der Waals surface area contributed by atoms with Gasteiger partial charge in [0, 0.05) is 5.02 Å². The monoisotopic (exact) mass is 344 g/mol. The largest absolute Gasteiger partial charge is 0.497 e. The summed E-state index contributed by atoms with van der Waals surface area (Å²) in [6.45, 7) is 0. The minimum atomic E-state index is -0.154. The Kier molecular flexibility index (Phi) is 4.69. The van der Waals surface area contributed by atoms with Crippen LogP contribution in [-0.4, -0.2) is 18.2 Å². The van der Waals surface area contributed by atoms with Gasteiger partial charge in [-0.1, -0.05) is 23.7 Å². The maximum absolute atomic E-state index is 12.0. The zero-order chi connectivity index (χ0) is 16.2. The highest BCUT2D eigenvalue weighted by atomic mass is 35.5. The second kappa shape index (κ2) is 6.89. The fraction of sp³-hybridized carbons (Fsp3) is 0.0588. The van der Waals surface area contributed by atoms with E-state index in [1.807, 2.05) is 30.3 Å². The Bertz CT molecular complexity index is 783. The second-order valence-electron chi connectivity index (χ2n) is 4.73. The number of amides is 1. The molecule has 1 aliphatic heterocycles. The van der Waals surface area contributed by atoms with Crippen molar-refractivity contribution in [3.05, 3.63) is 64.0 Å². The number of aliphatic imine (C=N–C) groups is 1. The molecule has 3 rings (SSSR count). The SMILES string of the molecule is COc1ccc(C=C2SC(=Nc3ccc(Cl)cc3)NC2=O)cc1. The zero-order valence-corrected chi connectivity index (χ0v) is 13.8. The molecule has 0 unspecified atom stereocenters. The van der Waals surface area contributed by atoms with Gasteiger partial charge in [0.25, 0.3) is 5.91 Å². The van der Waals surface area contributed by atoms with Gasteiger partial charge in [-0.3, -0.25) is 4.79 Å². The molecule has 2 aromatic rings. The quantitative estimate of drug-likeness (QED) is 0.847. The second-order valence-corrected chi connectivity index (χ2v) is 6.20. The molecule has 4 nitrogen and oxygen atoms in total. The molecular weight excluding hydrogens is 332 g/mol. The highest BCUT2D eigenvalue weighted by Gasteiger charge is 2.23. The van der Waals surface area contributed by atoms with Gasteiger partial charge < -0.3 is 10.1 Å². The molecular formula is C17H13ClN2O2S. The lowest BCUT2D eigenvalue weighted by Crippen LogP contribution is -2.19. The minimum Gasteiger partial charge on any atom is -0.497 e. The Labute approximate surface area is 143 Å². The first-order valence-electron chi connectivity index (χ1n) is 6.83. The first-order chi connectivity index (χ1) is 11.1. The molecule has 1 aliphatic rings. The summed E-state index contributed by atoms with van der Waals surface area (Å²) in [5.74, 6) is 0.624. The predicted molar refractivity (Wildman–Crippen MR) is 95.3 cm³/mol. The van der Waals surface area contributed by atoms with Crippen LogP contribution in [0.25, 0.3) is 6.08 Å². The third kappa shape index (κ3) is 3.94. The molecule has 0 aliphatic carbocycles. The van der Waals surface area contributed by atoms with Crippen LogP contribution in [-0.2, 0) is 4.79 Å². The summed E-state index contributed by atoms with van der Waals surface area (Å²) in [5, 5.41) is 3.96. The molecule has 116 valence electrons. The van der Waals surface area contributed by atoms with Crippen LogP contribution in [0.3, 0.4) is 0 Å². The number of thioether (sulfide) groups is 1. The first kappa shape index (κ1) is 15.6. The molecule has 0 aromatic heterocycles. The van der Waals surface area contributed by atoms with Gasteiger partial charge in [-0.25, -0.2) is 4.99 Å². The number of amidine groups is 1. The van der Waals surface area contributed by atoms with Crippen LogP contribution in [0.5, 0.6) is 5.75 Å². The van der Waals surface area contributed by atoms with Crippen LogP contribution in [0.1, 0.15) is 5.56 Å². The molecule has 0 radical (unpaired) electrons. The van der Waals surface area contributed by atoms with E-state index in [0.717, 1.165) is 17.0 Å². The highest BCUT2D eigenvalue weighted by molar-refractivity contribution is 8.18. The number of methoxy groups -OCH3 is 1. The molecule has 0 saturated carbocycles. The minimum absolute atomic E-state index is 0.154. The standard InChI is InChI=1S/C17H13ClN2O2S/c1-22-14-8-2-11(3-9-14)10-15-16(21)20-17(23-15)19-13-6-4-12(18)5-7-13/h2-10H,1H3,(H,19,20,21). The number of benzene rings is 2. The lowest BCUT2D eigenvalue weighted by molar-refractivity contribution is -0.115. The Hall–Kier alpha value is -2.24. The van der Waals surface area contributed by atoms with E-state index in [9.17, 15) is 4.79 Å². The maximum Gasteiger partial charge on any atom is 0.264 e. The van der Waals surface area contributed by atoms with E-state index in [-0.39, 0.29) is 5.91 Å². The van der Waals surface area contributed by atoms with E-state index in [4.69, 9.17) is 16.3 Å². The number of nitrogens with zero attached hydrogens (tertiary/aromatic N) is 1. The van der Waals surface area contributed by atoms with Crippen LogP contribution in [0.4, 0.5) is 5.69 Å². The van der Waals surface area contributed by atoms with Crippen molar-refractivity contribution < 1.29 is 9.53 Å². The predicted octanol–water partition coefficient (Wildman–Crippen LogP) is 4.24. The third-order valence-electron chi connectivity index (χ3n) is 3.12. The number of nitrogens with one attached hydrogen (secondary N) is 1. The maximum atomic E-state index is 12.0. The summed E-state index contributed by atoms with van der Waals surface area (Å²) in [4.78, 5) is 17.0. The van der Waals surface area contributed by atoms with Gasteiger partial charge in [0.05, 0.1) is 17.7 Å². The van der Waals surface area contributed by atoms with Crippen LogP contribution >= 0.6 is 23.4 Å². The molecule has 1 heterocycles. The van der Waals surface area contributed by atoms with Crippen molar-refractivity contribution in [3.63, 3.8) is 0 Å². The van der Waals surface area contributed by atoms with Crippen molar-refractivity contribution in [3.8, 4) is 5.75 Å². The van der Waals surface area contributed by atoms with E-state index >= 15 is 0 Å². The number of halogens is 1. The number of hydrogen-bond donors (Lipinski definition) is 1. The third-order valence-corrected chi connectivity index (χ3v) is 4.28. The van der Waals surface area contributed by atoms with E-state index in [2.05, 4.69) is 10.3 Å². The fourth-order valence-electron chi connectivity index (χ4n) is 1.96. The molecule has 1 fully saturated rings. The number of rotatable bonds is 3. The van der Waals surface area contributed by atoms with Crippen molar-refractivity contribution in [1.82, 2.24) is 5.32 Å². The zero-order valence-electron chi connectivity index (χ0n) is 12.2. The lowest BCUT2D eigenvalue weighted by Gasteiger charge is -1.99. The number of hydrogen-bond acceptors (Lipinski definition) is 4. The van der Waals surface area contributed by atoms with Gasteiger partial charge in [0.2, 0.25) is 0 Å². The van der Waals surface area contributed by atoms with Crippen LogP contribution in [0, 0.1) is 0 Å². The summed E-state index contributed by atoms with van der Waals surface area (Å²) in [7, 11) is 1.62.